The Morgan fingerprint density at radius 1 is 1.47 bits per heavy atom. The summed E-state index contributed by atoms with van der Waals surface area (Å²) in [6.07, 6.45) is 1.09. The third kappa shape index (κ3) is 2.63. The number of hydrogen-bond donors (Lipinski definition) is 2. The number of para-hydroxylation sites is 2. The molecule has 0 radical (unpaired) electrons. The van der Waals surface area contributed by atoms with Crippen LogP contribution < -0.4 is 5.73 Å². The number of H-pyrrole nitrogens is 1. The Kier molecular flexibility index (Phi) is 3.50. The average molecular weight is 260 g/mol. The molecule has 19 heavy (non-hydrogen) atoms. The highest BCUT2D eigenvalue weighted by Gasteiger charge is 2.26. The molecule has 0 saturated carbocycles. The average Bonchev–Trinajstić information content (AvgIpc) is 2.83. The highest BCUT2D eigenvalue weighted by atomic mass is 16.5. The van der Waals surface area contributed by atoms with E-state index < -0.39 is 0 Å². The molecule has 1 aromatic heterocycles. The summed E-state index contributed by atoms with van der Waals surface area (Å²) in [6, 6.07) is 8.26. The molecule has 0 aliphatic carbocycles. The number of aromatic amines is 1. The largest absolute Gasteiger partial charge is 0.379 e. The molecule has 1 aliphatic rings. The van der Waals surface area contributed by atoms with Crippen molar-refractivity contribution in [2.75, 3.05) is 20.2 Å². The fourth-order valence-corrected chi connectivity index (χ4v) is 2.68. The Morgan fingerprint density at radius 3 is 3.11 bits per heavy atom. The van der Waals surface area contributed by atoms with E-state index in [1.807, 2.05) is 18.2 Å². The van der Waals surface area contributed by atoms with Gasteiger partial charge in [0.15, 0.2) is 0 Å². The van der Waals surface area contributed by atoms with Crippen molar-refractivity contribution < 1.29 is 4.74 Å². The number of hydrogen-bond acceptors (Lipinski definition) is 4. The first kappa shape index (κ1) is 12.6. The summed E-state index contributed by atoms with van der Waals surface area (Å²) in [7, 11) is 1.73. The second-order valence-corrected chi connectivity index (χ2v) is 5.16. The summed E-state index contributed by atoms with van der Waals surface area (Å²) in [5.74, 6) is 1.01. The number of rotatable bonds is 3. The molecule has 1 aromatic carbocycles. The number of nitrogens with zero attached hydrogens (tertiary/aromatic N) is 2. The number of piperidine rings is 1. The van der Waals surface area contributed by atoms with Crippen molar-refractivity contribution in [2.45, 2.75) is 25.1 Å². The zero-order chi connectivity index (χ0) is 13.2. The van der Waals surface area contributed by atoms with Crippen molar-refractivity contribution in [1.82, 2.24) is 14.9 Å². The Bertz CT molecular complexity index is 520. The number of fused-ring (bicyclic) bond motifs is 1. The molecule has 0 unspecified atom stereocenters. The lowest BCUT2D eigenvalue weighted by Gasteiger charge is -2.35. The first-order valence-corrected chi connectivity index (χ1v) is 6.70. The summed E-state index contributed by atoms with van der Waals surface area (Å²) in [6.45, 7) is 2.69. The smallest absolute Gasteiger partial charge is 0.121 e. The lowest BCUT2D eigenvalue weighted by Crippen LogP contribution is -2.51. The van der Waals surface area contributed by atoms with Crippen LogP contribution in [0.5, 0.6) is 0 Å². The van der Waals surface area contributed by atoms with Crippen molar-refractivity contribution in [3.05, 3.63) is 30.1 Å². The van der Waals surface area contributed by atoms with Crippen molar-refractivity contribution in [1.29, 1.82) is 0 Å². The molecule has 2 atom stereocenters. The van der Waals surface area contributed by atoms with E-state index in [0.717, 1.165) is 42.9 Å². The minimum atomic E-state index is 0.123. The maximum absolute atomic E-state index is 6.03. The van der Waals surface area contributed by atoms with E-state index in [2.05, 4.69) is 20.9 Å². The fourth-order valence-electron chi connectivity index (χ4n) is 2.68. The van der Waals surface area contributed by atoms with Crippen LogP contribution in [0.3, 0.4) is 0 Å². The Labute approximate surface area is 112 Å². The molecule has 3 N–H and O–H groups in total. The number of nitrogens with two attached hydrogens (primary N) is 1. The predicted octanol–water partition coefficient (Wildman–Crippen LogP) is 1.11. The van der Waals surface area contributed by atoms with Crippen LogP contribution in [0.2, 0.25) is 0 Å². The topological polar surface area (TPSA) is 67.2 Å². The quantitative estimate of drug-likeness (QED) is 0.867. The van der Waals surface area contributed by atoms with Gasteiger partial charge in [0.2, 0.25) is 0 Å². The second-order valence-electron chi connectivity index (χ2n) is 5.16. The van der Waals surface area contributed by atoms with Crippen LogP contribution in [-0.2, 0) is 11.3 Å². The number of benzene rings is 1. The van der Waals surface area contributed by atoms with Gasteiger partial charge in [0.05, 0.1) is 23.7 Å². The molecule has 2 heterocycles. The normalized spacial score (nSPS) is 24.9. The van der Waals surface area contributed by atoms with Gasteiger partial charge in [-0.3, -0.25) is 4.90 Å². The maximum Gasteiger partial charge on any atom is 0.121 e. The third-order valence-corrected chi connectivity index (χ3v) is 3.81. The molecule has 0 amide bonds. The summed E-state index contributed by atoms with van der Waals surface area (Å²) < 4.78 is 5.43. The Morgan fingerprint density at radius 2 is 2.32 bits per heavy atom. The molecular weight excluding hydrogens is 240 g/mol. The molecule has 1 saturated heterocycles. The first-order valence-electron chi connectivity index (χ1n) is 6.70. The summed E-state index contributed by atoms with van der Waals surface area (Å²) >= 11 is 0. The molecule has 102 valence electrons. The second kappa shape index (κ2) is 5.28. The van der Waals surface area contributed by atoms with Crippen molar-refractivity contribution in [2.24, 2.45) is 5.73 Å². The highest BCUT2D eigenvalue weighted by Crippen LogP contribution is 2.16. The molecule has 5 heteroatoms. The summed E-state index contributed by atoms with van der Waals surface area (Å²) in [4.78, 5) is 10.3. The van der Waals surface area contributed by atoms with Crippen LogP contribution in [0.1, 0.15) is 12.2 Å². The molecule has 5 nitrogen and oxygen atoms in total. The first-order chi connectivity index (χ1) is 9.26. The standard InChI is InChI=1S/C14H20N4O/c1-19-13-8-18(7-6-10(13)15)9-14-16-11-4-2-3-5-12(11)17-14/h2-5,10,13H,6-9,15H2,1H3,(H,16,17)/t10-,13+/m0/s1. The van der Waals surface area contributed by atoms with Crippen LogP contribution >= 0.6 is 0 Å². The van der Waals surface area contributed by atoms with E-state index in [-0.39, 0.29) is 12.1 Å². The summed E-state index contributed by atoms with van der Waals surface area (Å²) in [5, 5.41) is 0. The molecule has 0 bridgehead atoms. The van der Waals surface area contributed by atoms with Gasteiger partial charge >= 0.3 is 0 Å². The number of nitrogens with one attached hydrogen (secondary N) is 1. The minimum absolute atomic E-state index is 0.123. The molecule has 1 fully saturated rings. The molecule has 1 aliphatic heterocycles. The van der Waals surface area contributed by atoms with Crippen LogP contribution in [0.4, 0.5) is 0 Å². The van der Waals surface area contributed by atoms with Gasteiger partial charge in [-0.25, -0.2) is 4.98 Å². The molecule has 3 rings (SSSR count). The van der Waals surface area contributed by atoms with Gasteiger partial charge in [-0.15, -0.1) is 0 Å². The van der Waals surface area contributed by atoms with Crippen LogP contribution in [0.15, 0.2) is 24.3 Å². The number of likely N-dealkylation sites (tertiary alicyclic amines) is 1. The van der Waals surface area contributed by atoms with E-state index in [1.165, 1.54) is 0 Å². The zero-order valence-electron chi connectivity index (χ0n) is 11.2. The summed E-state index contributed by atoms with van der Waals surface area (Å²) in [5.41, 5.74) is 8.15. The van der Waals surface area contributed by atoms with E-state index >= 15 is 0 Å². The minimum Gasteiger partial charge on any atom is -0.379 e. The highest BCUT2D eigenvalue weighted by molar-refractivity contribution is 5.74. The number of imidazole rings is 1. The Hall–Kier alpha value is -1.43. The van der Waals surface area contributed by atoms with Crippen LogP contribution in [0, 0.1) is 0 Å². The van der Waals surface area contributed by atoms with Gasteiger partial charge in [0.25, 0.3) is 0 Å². The van der Waals surface area contributed by atoms with Crippen LogP contribution in [0.25, 0.3) is 11.0 Å². The number of aromatic nitrogens is 2. The van der Waals surface area contributed by atoms with Gasteiger partial charge in [-0.05, 0) is 18.6 Å². The predicted molar refractivity (Wildman–Crippen MR) is 74.8 cm³/mol. The van der Waals surface area contributed by atoms with Gasteiger partial charge in [-0.2, -0.15) is 0 Å². The lowest BCUT2D eigenvalue weighted by molar-refractivity contribution is 0.0133. The number of methoxy groups -OCH3 is 1. The zero-order valence-corrected chi connectivity index (χ0v) is 11.2. The Balaban J connectivity index is 1.71. The van der Waals surface area contributed by atoms with Gasteiger partial charge < -0.3 is 15.5 Å². The lowest BCUT2D eigenvalue weighted by atomic mass is 10.0. The molecule has 2 aromatic rings. The van der Waals surface area contributed by atoms with E-state index in [4.69, 9.17) is 10.5 Å². The van der Waals surface area contributed by atoms with Gasteiger partial charge in [0.1, 0.15) is 5.82 Å². The molecule has 0 spiro atoms. The van der Waals surface area contributed by atoms with Crippen molar-refractivity contribution in [3.63, 3.8) is 0 Å². The fraction of sp³-hybridized carbons (Fsp3) is 0.500. The van der Waals surface area contributed by atoms with Gasteiger partial charge in [-0.1, -0.05) is 12.1 Å². The van der Waals surface area contributed by atoms with E-state index in [1.54, 1.807) is 7.11 Å². The van der Waals surface area contributed by atoms with Gasteiger partial charge in [0, 0.05) is 26.2 Å². The van der Waals surface area contributed by atoms with E-state index in [0.29, 0.717) is 0 Å². The maximum atomic E-state index is 6.03. The molecular formula is C14H20N4O. The number of ether oxygens (including phenoxy) is 1. The SMILES string of the molecule is CO[C@@H]1CN(Cc2nc3ccccc3[nH]2)CC[C@@H]1N. The monoisotopic (exact) mass is 260 g/mol. The van der Waals surface area contributed by atoms with Crippen molar-refractivity contribution in [3.8, 4) is 0 Å². The third-order valence-electron chi connectivity index (χ3n) is 3.81. The van der Waals surface area contributed by atoms with Crippen molar-refractivity contribution >= 4 is 11.0 Å². The van der Waals surface area contributed by atoms with E-state index in [9.17, 15) is 0 Å². The van der Waals surface area contributed by atoms with Crippen LogP contribution in [-0.4, -0.2) is 47.2 Å².